The third kappa shape index (κ3) is 5.00. The maximum atomic E-state index is 12.9. The molecule has 0 atom stereocenters. The molecule has 0 aromatic heterocycles. The number of nitrogens with zero attached hydrogens (tertiary/aromatic N) is 2. The van der Waals surface area contributed by atoms with E-state index < -0.39 is 34.3 Å². The summed E-state index contributed by atoms with van der Waals surface area (Å²) >= 11 is 0. The molecule has 7 nitrogen and oxygen atoms in total. The zero-order chi connectivity index (χ0) is 17.7. The van der Waals surface area contributed by atoms with Crippen molar-refractivity contribution in [2.45, 2.75) is 19.4 Å². The van der Waals surface area contributed by atoms with Crippen LogP contribution in [0.4, 0.5) is 4.39 Å². The average Bonchev–Trinajstić information content (AvgIpc) is 2.84. The summed E-state index contributed by atoms with van der Waals surface area (Å²) in [5, 5.41) is 8.96. The zero-order valence-electron chi connectivity index (χ0n) is 13.0. The monoisotopic (exact) mass is 358 g/mol. The zero-order valence-corrected chi connectivity index (χ0v) is 13.8. The molecule has 1 aromatic rings. The smallest absolute Gasteiger partial charge is 0.323 e. The van der Waals surface area contributed by atoms with Crippen molar-refractivity contribution in [3.05, 3.63) is 35.6 Å². The van der Waals surface area contributed by atoms with Gasteiger partial charge in [-0.3, -0.25) is 9.59 Å². The van der Waals surface area contributed by atoms with Crippen LogP contribution in [-0.4, -0.2) is 60.0 Å². The molecule has 0 spiro atoms. The summed E-state index contributed by atoms with van der Waals surface area (Å²) in [6.45, 7) is -0.0473. The Labute approximate surface area is 139 Å². The van der Waals surface area contributed by atoms with E-state index in [0.717, 1.165) is 4.90 Å². The Kier molecular flexibility index (Phi) is 5.89. The Balaban J connectivity index is 1.99. The van der Waals surface area contributed by atoms with E-state index in [0.29, 0.717) is 18.5 Å². The van der Waals surface area contributed by atoms with E-state index in [1.54, 1.807) is 0 Å². The van der Waals surface area contributed by atoms with Crippen LogP contribution in [0.25, 0.3) is 0 Å². The van der Waals surface area contributed by atoms with Crippen molar-refractivity contribution in [1.82, 2.24) is 9.21 Å². The first-order valence-corrected chi connectivity index (χ1v) is 9.11. The Hall–Kier alpha value is -2.00. The van der Waals surface area contributed by atoms with Gasteiger partial charge >= 0.3 is 5.97 Å². The Bertz CT molecular complexity index is 705. The van der Waals surface area contributed by atoms with Gasteiger partial charge in [0.05, 0.1) is 5.75 Å². The van der Waals surface area contributed by atoms with Crippen molar-refractivity contribution < 1.29 is 27.5 Å². The largest absolute Gasteiger partial charge is 0.480 e. The van der Waals surface area contributed by atoms with E-state index >= 15 is 0 Å². The van der Waals surface area contributed by atoms with Gasteiger partial charge in [0.15, 0.2) is 0 Å². The van der Waals surface area contributed by atoms with Crippen LogP contribution in [0.5, 0.6) is 0 Å². The lowest BCUT2D eigenvalue weighted by atomic mass is 10.2. The van der Waals surface area contributed by atoms with E-state index in [9.17, 15) is 22.4 Å². The summed E-state index contributed by atoms with van der Waals surface area (Å²) in [5.74, 6) is -1.97. The first kappa shape index (κ1) is 18.3. The van der Waals surface area contributed by atoms with Crippen molar-refractivity contribution in [3.63, 3.8) is 0 Å². The van der Waals surface area contributed by atoms with E-state index in [1.807, 2.05) is 0 Å². The van der Waals surface area contributed by atoms with Crippen LogP contribution in [0.15, 0.2) is 24.3 Å². The second kappa shape index (κ2) is 7.71. The summed E-state index contributed by atoms with van der Waals surface area (Å²) in [4.78, 5) is 24.4. The minimum Gasteiger partial charge on any atom is -0.480 e. The van der Waals surface area contributed by atoms with Crippen molar-refractivity contribution in [3.8, 4) is 0 Å². The van der Waals surface area contributed by atoms with Crippen LogP contribution in [0.3, 0.4) is 0 Å². The van der Waals surface area contributed by atoms with Gasteiger partial charge in [-0.15, -0.1) is 0 Å². The molecular formula is C15H19FN2O5S. The molecule has 24 heavy (non-hydrogen) atoms. The lowest BCUT2D eigenvalue weighted by Gasteiger charge is -2.22. The molecule has 0 saturated carbocycles. The number of carbonyl (C=O) groups is 2. The van der Waals surface area contributed by atoms with Crippen molar-refractivity contribution in [1.29, 1.82) is 0 Å². The van der Waals surface area contributed by atoms with E-state index in [4.69, 9.17) is 5.11 Å². The second-order valence-electron chi connectivity index (χ2n) is 5.59. The minimum atomic E-state index is -3.29. The Morgan fingerprint density at radius 3 is 2.46 bits per heavy atom. The number of carbonyl (C=O) groups excluding carboxylic acids is 1. The highest BCUT2D eigenvalue weighted by atomic mass is 32.2. The minimum absolute atomic E-state index is 0.0260. The highest BCUT2D eigenvalue weighted by molar-refractivity contribution is 7.89. The number of benzene rings is 1. The van der Waals surface area contributed by atoms with Gasteiger partial charge in [-0.2, -0.15) is 0 Å². The first-order chi connectivity index (χ1) is 11.3. The number of rotatable bonds is 7. The van der Waals surface area contributed by atoms with Gasteiger partial charge < -0.3 is 10.0 Å². The average molecular weight is 358 g/mol. The van der Waals surface area contributed by atoms with Crippen molar-refractivity contribution >= 4 is 21.9 Å². The quantitative estimate of drug-likeness (QED) is 0.773. The van der Waals surface area contributed by atoms with Crippen molar-refractivity contribution in [2.75, 3.05) is 25.4 Å². The number of sulfonamides is 1. The number of carboxylic acid groups (broad SMARTS) is 1. The molecule has 132 valence electrons. The van der Waals surface area contributed by atoms with Gasteiger partial charge in [-0.05, 0) is 24.1 Å². The first-order valence-electron chi connectivity index (χ1n) is 7.50. The van der Waals surface area contributed by atoms with Crippen LogP contribution in [0, 0.1) is 5.82 Å². The van der Waals surface area contributed by atoms with Gasteiger partial charge in [0, 0.05) is 26.1 Å². The summed E-state index contributed by atoms with van der Waals surface area (Å²) in [6.07, 6.45) is 0.443. The van der Waals surface area contributed by atoms with Crippen LogP contribution in [0.1, 0.15) is 18.4 Å². The fourth-order valence-electron chi connectivity index (χ4n) is 2.53. The predicted octanol–water partition coefficient (Wildman–Crippen LogP) is 0.665. The third-order valence-electron chi connectivity index (χ3n) is 3.74. The van der Waals surface area contributed by atoms with Gasteiger partial charge in [0.25, 0.3) is 0 Å². The van der Waals surface area contributed by atoms with Crippen LogP contribution in [-0.2, 0) is 26.2 Å². The molecule has 0 unspecified atom stereocenters. The van der Waals surface area contributed by atoms with Crippen molar-refractivity contribution in [2.24, 2.45) is 0 Å². The molecule has 0 aliphatic carbocycles. The number of aliphatic carboxylic acids is 1. The van der Waals surface area contributed by atoms with Crippen LogP contribution in [0.2, 0.25) is 0 Å². The van der Waals surface area contributed by atoms with Gasteiger partial charge in [-0.1, -0.05) is 12.1 Å². The van der Waals surface area contributed by atoms with Crippen LogP contribution >= 0.6 is 0 Å². The molecule has 0 radical (unpaired) electrons. The van der Waals surface area contributed by atoms with Crippen LogP contribution < -0.4 is 0 Å². The fraction of sp³-hybridized carbons (Fsp3) is 0.467. The topological polar surface area (TPSA) is 95.0 Å². The summed E-state index contributed by atoms with van der Waals surface area (Å²) in [5.41, 5.74) is 0.597. The second-order valence-corrected chi connectivity index (χ2v) is 7.68. The normalized spacial score (nSPS) is 16.9. The number of amides is 1. The molecule has 1 heterocycles. The Morgan fingerprint density at radius 2 is 1.92 bits per heavy atom. The lowest BCUT2D eigenvalue weighted by Crippen LogP contribution is -2.37. The van der Waals surface area contributed by atoms with E-state index in [2.05, 4.69) is 0 Å². The van der Waals surface area contributed by atoms with Gasteiger partial charge in [-0.25, -0.2) is 17.1 Å². The molecule has 1 N–H and O–H groups in total. The maximum Gasteiger partial charge on any atom is 0.323 e. The molecule has 0 bridgehead atoms. The fourth-order valence-corrected chi connectivity index (χ4v) is 4.06. The molecular weight excluding hydrogens is 339 g/mol. The van der Waals surface area contributed by atoms with E-state index in [1.165, 1.54) is 28.6 Å². The molecule has 1 aromatic carbocycles. The number of hydrogen-bond donors (Lipinski definition) is 1. The summed E-state index contributed by atoms with van der Waals surface area (Å²) in [7, 11) is -3.29. The highest BCUT2D eigenvalue weighted by Crippen LogP contribution is 2.14. The Morgan fingerprint density at radius 1 is 1.25 bits per heavy atom. The third-order valence-corrected chi connectivity index (χ3v) is 5.70. The maximum absolute atomic E-state index is 12.9. The molecule has 1 amide bonds. The number of hydrogen-bond acceptors (Lipinski definition) is 4. The molecule has 1 fully saturated rings. The molecule has 1 aliphatic rings. The standard InChI is InChI=1S/C15H19FN2O5S/c16-13-4-2-12(3-5-13)10-17(11-15(20)21)14(19)6-8-18-7-1-9-24(18,22)23/h2-5H,1,6-11H2,(H,20,21). The van der Waals surface area contributed by atoms with Gasteiger partial charge in [0.2, 0.25) is 15.9 Å². The number of halogens is 1. The number of carboxylic acids is 1. The summed E-state index contributed by atoms with van der Waals surface area (Å²) in [6, 6.07) is 5.41. The predicted molar refractivity (Wildman–Crippen MR) is 84.0 cm³/mol. The van der Waals surface area contributed by atoms with E-state index in [-0.39, 0.29) is 25.3 Å². The highest BCUT2D eigenvalue weighted by Gasteiger charge is 2.29. The molecule has 2 rings (SSSR count). The molecule has 1 saturated heterocycles. The lowest BCUT2D eigenvalue weighted by molar-refractivity contribution is -0.145. The summed E-state index contributed by atoms with van der Waals surface area (Å²) < 4.78 is 37.6. The van der Waals surface area contributed by atoms with Gasteiger partial charge in [0.1, 0.15) is 12.4 Å². The molecule has 9 heteroatoms. The molecule has 1 aliphatic heterocycles. The SMILES string of the molecule is O=C(O)CN(Cc1ccc(F)cc1)C(=O)CCN1CCCS1(=O)=O.